The maximum atomic E-state index is 11.9. The van der Waals surface area contributed by atoms with Crippen LogP contribution in [0.1, 0.15) is 19.8 Å². The standard InChI is InChI=1S/C15H18N2O3/c1-2-10(7-14(18)19)9-16-13-8-11-5-3-4-6-12(11)15(20)17-13/h3-6,8,10H,2,7,9H2,1H3,(H,18,19)(H2,16,17,20). The minimum Gasteiger partial charge on any atom is -0.481 e. The van der Waals surface area contributed by atoms with E-state index in [0.717, 1.165) is 11.8 Å². The third kappa shape index (κ3) is 3.38. The normalized spacial score (nSPS) is 12.2. The Balaban J connectivity index is 2.14. The van der Waals surface area contributed by atoms with Gasteiger partial charge in [-0.25, -0.2) is 0 Å². The van der Waals surface area contributed by atoms with Crippen LogP contribution in [-0.4, -0.2) is 22.6 Å². The average Bonchev–Trinajstić information content (AvgIpc) is 2.43. The van der Waals surface area contributed by atoms with Crippen molar-refractivity contribution in [2.24, 2.45) is 5.92 Å². The van der Waals surface area contributed by atoms with Gasteiger partial charge >= 0.3 is 5.97 Å². The van der Waals surface area contributed by atoms with Gasteiger partial charge < -0.3 is 15.4 Å². The van der Waals surface area contributed by atoms with Crippen molar-refractivity contribution in [3.05, 3.63) is 40.7 Å². The molecule has 0 saturated carbocycles. The molecule has 0 fully saturated rings. The Labute approximate surface area is 116 Å². The van der Waals surface area contributed by atoms with E-state index in [-0.39, 0.29) is 17.9 Å². The number of hydrogen-bond donors (Lipinski definition) is 3. The number of H-pyrrole nitrogens is 1. The molecule has 0 bridgehead atoms. The summed E-state index contributed by atoms with van der Waals surface area (Å²) in [5.41, 5.74) is -0.142. The fraction of sp³-hybridized carbons (Fsp3) is 0.333. The molecule has 106 valence electrons. The number of carboxylic acids is 1. The Morgan fingerprint density at radius 2 is 2.15 bits per heavy atom. The number of aromatic amines is 1. The molecule has 20 heavy (non-hydrogen) atoms. The third-order valence-electron chi connectivity index (χ3n) is 3.38. The van der Waals surface area contributed by atoms with Crippen LogP contribution in [0.25, 0.3) is 10.8 Å². The fourth-order valence-corrected chi connectivity index (χ4v) is 2.17. The quantitative estimate of drug-likeness (QED) is 0.755. The second-order valence-electron chi connectivity index (χ2n) is 4.85. The van der Waals surface area contributed by atoms with Crippen molar-refractivity contribution >= 4 is 22.6 Å². The van der Waals surface area contributed by atoms with Crippen molar-refractivity contribution in [3.8, 4) is 0 Å². The smallest absolute Gasteiger partial charge is 0.303 e. The number of hydrogen-bond acceptors (Lipinski definition) is 3. The molecule has 0 saturated heterocycles. The molecule has 0 radical (unpaired) electrons. The van der Waals surface area contributed by atoms with Crippen molar-refractivity contribution in [3.63, 3.8) is 0 Å². The molecular weight excluding hydrogens is 256 g/mol. The first-order chi connectivity index (χ1) is 9.60. The second-order valence-corrected chi connectivity index (χ2v) is 4.85. The van der Waals surface area contributed by atoms with Crippen molar-refractivity contribution in [2.75, 3.05) is 11.9 Å². The number of benzene rings is 1. The van der Waals surface area contributed by atoms with Gasteiger partial charge in [0.2, 0.25) is 0 Å². The Morgan fingerprint density at radius 3 is 2.85 bits per heavy atom. The van der Waals surface area contributed by atoms with Gasteiger partial charge in [0, 0.05) is 18.4 Å². The summed E-state index contributed by atoms with van der Waals surface area (Å²) in [7, 11) is 0. The van der Waals surface area contributed by atoms with Crippen molar-refractivity contribution in [2.45, 2.75) is 19.8 Å². The van der Waals surface area contributed by atoms with E-state index in [1.54, 1.807) is 6.07 Å². The highest BCUT2D eigenvalue weighted by Crippen LogP contribution is 2.14. The van der Waals surface area contributed by atoms with Gasteiger partial charge in [-0.1, -0.05) is 31.5 Å². The molecule has 0 amide bonds. The number of aliphatic carboxylic acids is 1. The first-order valence-electron chi connectivity index (χ1n) is 6.68. The number of nitrogens with one attached hydrogen (secondary N) is 2. The number of aromatic nitrogens is 1. The van der Waals surface area contributed by atoms with Gasteiger partial charge in [0.25, 0.3) is 5.56 Å². The van der Waals surface area contributed by atoms with E-state index >= 15 is 0 Å². The minimum absolute atomic E-state index is 0.0440. The SMILES string of the molecule is CCC(CNc1cc2ccccc2c(=O)[nH]1)CC(=O)O. The number of pyridine rings is 1. The Bertz CT molecular complexity index is 663. The molecule has 3 N–H and O–H groups in total. The van der Waals surface area contributed by atoms with E-state index in [9.17, 15) is 9.59 Å². The Hall–Kier alpha value is -2.30. The van der Waals surface area contributed by atoms with Gasteiger partial charge in [-0.05, 0) is 23.4 Å². The molecule has 1 atom stereocenters. The minimum atomic E-state index is -0.800. The van der Waals surface area contributed by atoms with Crippen LogP contribution in [0.15, 0.2) is 35.1 Å². The largest absolute Gasteiger partial charge is 0.481 e. The van der Waals surface area contributed by atoms with E-state index in [0.29, 0.717) is 17.7 Å². The van der Waals surface area contributed by atoms with Crippen LogP contribution in [0.5, 0.6) is 0 Å². The Morgan fingerprint density at radius 1 is 1.40 bits per heavy atom. The lowest BCUT2D eigenvalue weighted by molar-refractivity contribution is -0.138. The number of carboxylic acid groups (broad SMARTS) is 1. The highest BCUT2D eigenvalue weighted by Gasteiger charge is 2.11. The first kappa shape index (κ1) is 14.1. The lowest BCUT2D eigenvalue weighted by atomic mass is 10.0. The average molecular weight is 274 g/mol. The topological polar surface area (TPSA) is 82.2 Å². The number of anilines is 1. The van der Waals surface area contributed by atoms with E-state index in [1.807, 2.05) is 31.2 Å². The maximum Gasteiger partial charge on any atom is 0.303 e. The molecule has 0 aliphatic carbocycles. The molecule has 2 rings (SSSR count). The monoisotopic (exact) mass is 274 g/mol. The molecule has 0 spiro atoms. The predicted octanol–water partition coefficient (Wildman–Crippen LogP) is 2.44. The molecule has 0 aliphatic heterocycles. The lowest BCUT2D eigenvalue weighted by Gasteiger charge is -2.14. The summed E-state index contributed by atoms with van der Waals surface area (Å²) in [4.78, 5) is 25.4. The van der Waals surface area contributed by atoms with Gasteiger partial charge in [-0.15, -0.1) is 0 Å². The van der Waals surface area contributed by atoms with E-state index in [2.05, 4.69) is 10.3 Å². The van der Waals surface area contributed by atoms with Crippen LogP contribution in [-0.2, 0) is 4.79 Å². The molecule has 0 aliphatic rings. The summed E-state index contributed by atoms with van der Waals surface area (Å²) in [6.45, 7) is 2.48. The van der Waals surface area contributed by atoms with Crippen molar-refractivity contribution in [1.82, 2.24) is 4.98 Å². The van der Waals surface area contributed by atoms with Gasteiger partial charge in [-0.3, -0.25) is 9.59 Å². The van der Waals surface area contributed by atoms with Crippen LogP contribution < -0.4 is 10.9 Å². The van der Waals surface area contributed by atoms with E-state index < -0.39 is 5.97 Å². The molecule has 2 aromatic rings. The molecule has 1 heterocycles. The van der Waals surface area contributed by atoms with Crippen LogP contribution in [0.2, 0.25) is 0 Å². The van der Waals surface area contributed by atoms with E-state index in [4.69, 9.17) is 5.11 Å². The molecular formula is C15H18N2O3. The van der Waals surface area contributed by atoms with Gasteiger partial charge in [0.1, 0.15) is 5.82 Å². The van der Waals surface area contributed by atoms with Crippen molar-refractivity contribution < 1.29 is 9.90 Å². The summed E-state index contributed by atoms with van der Waals surface area (Å²) in [5, 5.41) is 13.4. The molecule has 1 aromatic heterocycles. The molecule has 5 nitrogen and oxygen atoms in total. The number of rotatable bonds is 6. The summed E-state index contributed by atoms with van der Waals surface area (Å²) in [6.07, 6.45) is 0.901. The summed E-state index contributed by atoms with van der Waals surface area (Å²) in [5.74, 6) is -0.134. The van der Waals surface area contributed by atoms with Crippen molar-refractivity contribution in [1.29, 1.82) is 0 Å². The molecule has 5 heteroatoms. The van der Waals surface area contributed by atoms with Crippen LogP contribution in [0, 0.1) is 5.92 Å². The maximum absolute atomic E-state index is 11.9. The zero-order chi connectivity index (χ0) is 14.5. The fourth-order valence-electron chi connectivity index (χ4n) is 2.17. The van der Waals surface area contributed by atoms with Crippen LogP contribution in [0.4, 0.5) is 5.82 Å². The predicted molar refractivity (Wildman–Crippen MR) is 79.1 cm³/mol. The van der Waals surface area contributed by atoms with Gasteiger partial charge in [0.05, 0.1) is 0 Å². The Kier molecular flexibility index (Phi) is 4.40. The molecule has 1 unspecified atom stereocenters. The van der Waals surface area contributed by atoms with Gasteiger partial charge in [-0.2, -0.15) is 0 Å². The lowest BCUT2D eigenvalue weighted by Crippen LogP contribution is -2.19. The molecule has 1 aromatic carbocycles. The summed E-state index contributed by atoms with van der Waals surface area (Å²) >= 11 is 0. The highest BCUT2D eigenvalue weighted by molar-refractivity contribution is 5.83. The zero-order valence-corrected chi connectivity index (χ0v) is 11.3. The van der Waals surface area contributed by atoms with E-state index in [1.165, 1.54) is 0 Å². The first-order valence-corrected chi connectivity index (χ1v) is 6.68. The zero-order valence-electron chi connectivity index (χ0n) is 11.3. The summed E-state index contributed by atoms with van der Waals surface area (Å²) in [6, 6.07) is 9.22. The van der Waals surface area contributed by atoms with Crippen LogP contribution >= 0.6 is 0 Å². The second kappa shape index (κ2) is 6.23. The number of fused-ring (bicyclic) bond motifs is 1. The highest BCUT2D eigenvalue weighted by atomic mass is 16.4. The van der Waals surface area contributed by atoms with Gasteiger partial charge in [0.15, 0.2) is 0 Å². The van der Waals surface area contributed by atoms with Crippen LogP contribution in [0.3, 0.4) is 0 Å². The summed E-state index contributed by atoms with van der Waals surface area (Å²) < 4.78 is 0. The number of carbonyl (C=O) groups is 1. The third-order valence-corrected chi connectivity index (χ3v) is 3.38.